The van der Waals surface area contributed by atoms with Gasteiger partial charge in [0, 0.05) is 56.0 Å². The Kier molecular flexibility index (Phi) is 8.95. The minimum Gasteiger partial charge on any atom is -0.378 e. The van der Waals surface area contributed by atoms with Crippen LogP contribution in [0.5, 0.6) is 0 Å². The van der Waals surface area contributed by atoms with E-state index in [4.69, 9.17) is 19.2 Å². The number of pyridine rings is 1. The lowest BCUT2D eigenvalue weighted by Crippen LogP contribution is -2.52. The number of benzene rings is 1. The van der Waals surface area contributed by atoms with Crippen molar-refractivity contribution in [2.45, 2.75) is 37.8 Å². The maximum atomic E-state index is 6.44. The topological polar surface area (TPSA) is 99.8 Å². The third-order valence-electron chi connectivity index (χ3n) is 8.59. The lowest BCUT2D eigenvalue weighted by atomic mass is 9.83. The molecular formula is C31H43N7O3. The summed E-state index contributed by atoms with van der Waals surface area (Å²) in [6, 6.07) is 7.09. The zero-order valence-electron chi connectivity index (χ0n) is 24.3. The number of aromatic amines is 1. The first kappa shape index (κ1) is 28.3. The summed E-state index contributed by atoms with van der Waals surface area (Å²) in [5, 5.41) is 15.8. The predicted molar refractivity (Wildman–Crippen MR) is 161 cm³/mol. The third kappa shape index (κ3) is 6.80. The van der Waals surface area contributed by atoms with Gasteiger partial charge in [0.05, 0.1) is 38.1 Å². The summed E-state index contributed by atoms with van der Waals surface area (Å²) < 4.78 is 18.1. The van der Waals surface area contributed by atoms with Crippen molar-refractivity contribution in [2.75, 3.05) is 78.4 Å². The molecule has 4 bridgehead atoms. The number of aryl methyl sites for hydroxylation is 1. The van der Waals surface area contributed by atoms with Gasteiger partial charge in [-0.25, -0.2) is 4.98 Å². The number of hydrogen-bond acceptors (Lipinski definition) is 9. The summed E-state index contributed by atoms with van der Waals surface area (Å²) in [5.41, 5.74) is 5.63. The number of likely N-dealkylation sites (N-methyl/N-ethyl adjacent to an activating group) is 1. The average molecular weight is 562 g/mol. The molecule has 10 heteroatoms. The number of nitrogens with zero attached hydrogens (tertiary/aromatic N) is 4. The van der Waals surface area contributed by atoms with Crippen molar-refractivity contribution in [1.29, 1.82) is 0 Å². The summed E-state index contributed by atoms with van der Waals surface area (Å²) in [4.78, 5) is 9.62. The molecule has 10 nitrogen and oxygen atoms in total. The molecule has 0 amide bonds. The summed E-state index contributed by atoms with van der Waals surface area (Å²) in [7, 11) is 2.18. The Labute approximate surface area is 242 Å². The van der Waals surface area contributed by atoms with Crippen molar-refractivity contribution in [3.05, 3.63) is 58.9 Å². The van der Waals surface area contributed by atoms with Crippen LogP contribution in [0.15, 0.2) is 36.7 Å². The normalized spacial score (nSPS) is 27.7. The Bertz CT molecular complexity index is 1330. The lowest BCUT2D eigenvalue weighted by Gasteiger charge is -2.45. The van der Waals surface area contributed by atoms with Crippen molar-refractivity contribution in [3.63, 3.8) is 0 Å². The maximum Gasteiger partial charge on any atom is 0.133 e. The Hall–Kier alpha value is -2.86. The first-order valence-electron chi connectivity index (χ1n) is 14.9. The molecule has 0 aliphatic carbocycles. The standard InChI is InChI=1S/C31H43N7O3/c1-23-14-25(15-26-19-35-36-29(23)26)16-27-20-37(2)9-11-40-13-12-39-10-3-4-24-17-28-30(32-18-24)34-22-41-31(28)5-7-38(8-6-31)21-33-27/h3-4,14-15,17-19,27,33H,5-13,16,20-22H2,1-2H3,(H,32,34)(H,35,36)/b4-3+/t27-/m1/s1. The van der Waals surface area contributed by atoms with Gasteiger partial charge in [0.25, 0.3) is 0 Å². The summed E-state index contributed by atoms with van der Waals surface area (Å²) in [6.07, 6.45) is 10.8. The van der Waals surface area contributed by atoms with E-state index in [0.717, 1.165) is 69.0 Å². The molecule has 1 atom stereocenters. The van der Waals surface area contributed by atoms with Crippen LogP contribution in [0, 0.1) is 6.92 Å². The van der Waals surface area contributed by atoms with Gasteiger partial charge >= 0.3 is 0 Å². The van der Waals surface area contributed by atoms with E-state index in [2.05, 4.69) is 68.9 Å². The van der Waals surface area contributed by atoms with Crippen LogP contribution >= 0.6 is 0 Å². The number of aromatic nitrogens is 3. The van der Waals surface area contributed by atoms with E-state index in [1.54, 1.807) is 0 Å². The number of H-pyrrole nitrogens is 1. The molecule has 0 unspecified atom stereocenters. The first-order valence-corrected chi connectivity index (χ1v) is 14.9. The summed E-state index contributed by atoms with van der Waals surface area (Å²) in [6.45, 7) is 9.65. The quantitative estimate of drug-likeness (QED) is 0.408. The molecule has 1 spiro atoms. The van der Waals surface area contributed by atoms with Crippen LogP contribution in [-0.4, -0.2) is 104 Å². The van der Waals surface area contributed by atoms with Crippen molar-refractivity contribution in [1.82, 2.24) is 30.3 Å². The Morgan fingerprint density at radius 1 is 1.05 bits per heavy atom. The zero-order chi connectivity index (χ0) is 28.1. The number of anilines is 1. The number of ether oxygens (including phenoxy) is 3. The molecule has 7 rings (SSSR count). The predicted octanol–water partition coefficient (Wildman–Crippen LogP) is 3.11. The molecular weight excluding hydrogens is 518 g/mol. The molecule has 1 fully saturated rings. The highest BCUT2D eigenvalue weighted by Crippen LogP contribution is 2.42. The van der Waals surface area contributed by atoms with Crippen LogP contribution in [0.25, 0.3) is 17.0 Å². The second-order valence-electron chi connectivity index (χ2n) is 11.6. The van der Waals surface area contributed by atoms with Crippen molar-refractivity contribution in [2.24, 2.45) is 0 Å². The Morgan fingerprint density at radius 3 is 2.83 bits per heavy atom. The van der Waals surface area contributed by atoms with E-state index in [-0.39, 0.29) is 5.60 Å². The fourth-order valence-corrected chi connectivity index (χ4v) is 6.28. The number of fused-ring (bicyclic) bond motifs is 15. The highest BCUT2D eigenvalue weighted by atomic mass is 16.5. The van der Waals surface area contributed by atoms with Gasteiger partial charge in [-0.1, -0.05) is 18.2 Å². The van der Waals surface area contributed by atoms with Crippen LogP contribution in [0.1, 0.15) is 35.1 Å². The molecule has 3 N–H and O–H groups in total. The van der Waals surface area contributed by atoms with Gasteiger partial charge < -0.3 is 24.4 Å². The summed E-state index contributed by atoms with van der Waals surface area (Å²) in [5.74, 6) is 0.944. The van der Waals surface area contributed by atoms with Gasteiger partial charge in [0.2, 0.25) is 0 Å². The van der Waals surface area contributed by atoms with E-state index in [9.17, 15) is 0 Å². The minimum absolute atomic E-state index is 0.294. The highest BCUT2D eigenvalue weighted by Gasteiger charge is 2.41. The molecule has 41 heavy (non-hydrogen) atoms. The minimum atomic E-state index is -0.294. The molecule has 0 radical (unpaired) electrons. The summed E-state index contributed by atoms with van der Waals surface area (Å²) >= 11 is 0. The van der Waals surface area contributed by atoms with E-state index in [1.807, 2.05) is 18.5 Å². The van der Waals surface area contributed by atoms with Crippen molar-refractivity contribution in [3.8, 4) is 0 Å². The van der Waals surface area contributed by atoms with E-state index >= 15 is 0 Å². The van der Waals surface area contributed by atoms with Crippen LogP contribution in [0.4, 0.5) is 5.82 Å². The molecule has 3 aromatic rings. The van der Waals surface area contributed by atoms with E-state index in [1.165, 1.54) is 22.1 Å². The maximum absolute atomic E-state index is 6.44. The second-order valence-corrected chi connectivity index (χ2v) is 11.6. The van der Waals surface area contributed by atoms with Gasteiger partial charge in [-0.3, -0.25) is 15.3 Å². The van der Waals surface area contributed by atoms with Crippen molar-refractivity contribution < 1.29 is 14.2 Å². The molecule has 220 valence electrons. The Morgan fingerprint density at radius 2 is 1.93 bits per heavy atom. The van der Waals surface area contributed by atoms with E-state index < -0.39 is 0 Å². The highest BCUT2D eigenvalue weighted by molar-refractivity contribution is 5.81. The zero-order valence-corrected chi connectivity index (χ0v) is 24.3. The second kappa shape index (κ2) is 13.0. The molecule has 1 aromatic carbocycles. The van der Waals surface area contributed by atoms with Crippen molar-refractivity contribution >= 4 is 22.8 Å². The van der Waals surface area contributed by atoms with Crippen LogP contribution < -0.4 is 10.6 Å². The first-order chi connectivity index (χ1) is 20.1. The SMILES string of the molecule is Cc1cc(C[C@@H]2CN(C)CCOCCOC/C=C/c3cnc4c(c3)C3(CCN(CC3)CN2)OCN4)cc2cn[nH]c12. The Balaban J connectivity index is 1.18. The largest absolute Gasteiger partial charge is 0.378 e. The molecule has 0 saturated carbocycles. The molecule has 4 aliphatic heterocycles. The van der Waals surface area contributed by atoms with Gasteiger partial charge in [-0.2, -0.15) is 5.10 Å². The number of piperidine rings is 1. The van der Waals surface area contributed by atoms with Gasteiger partial charge in [-0.05, 0) is 62.1 Å². The van der Waals surface area contributed by atoms with Gasteiger partial charge in [-0.15, -0.1) is 0 Å². The van der Waals surface area contributed by atoms with Gasteiger partial charge in [0.15, 0.2) is 0 Å². The molecule has 2 aromatic heterocycles. The smallest absolute Gasteiger partial charge is 0.133 e. The fraction of sp³-hybridized carbons (Fsp3) is 0.548. The number of rotatable bonds is 2. The van der Waals surface area contributed by atoms with Gasteiger partial charge in [0.1, 0.15) is 18.1 Å². The number of hydrogen-bond donors (Lipinski definition) is 3. The third-order valence-corrected chi connectivity index (χ3v) is 8.59. The van der Waals surface area contributed by atoms with Crippen LogP contribution in [-0.2, 0) is 26.2 Å². The average Bonchev–Trinajstić information content (AvgIpc) is 3.45. The fourth-order valence-electron chi connectivity index (χ4n) is 6.28. The molecule has 1 saturated heterocycles. The molecule has 6 heterocycles. The molecule has 4 aliphatic rings. The lowest BCUT2D eigenvalue weighted by molar-refractivity contribution is -0.0896. The monoisotopic (exact) mass is 561 g/mol. The van der Waals surface area contributed by atoms with Crippen LogP contribution in [0.2, 0.25) is 0 Å². The van der Waals surface area contributed by atoms with E-state index in [0.29, 0.717) is 39.2 Å². The van der Waals surface area contributed by atoms with Crippen LogP contribution in [0.3, 0.4) is 0 Å². The number of nitrogens with one attached hydrogen (secondary N) is 3.